The van der Waals surface area contributed by atoms with Crippen molar-refractivity contribution < 1.29 is 4.79 Å². The summed E-state index contributed by atoms with van der Waals surface area (Å²) in [5.41, 5.74) is 7.66. The van der Waals surface area contributed by atoms with Crippen molar-refractivity contribution in [1.82, 2.24) is 4.98 Å². The molecule has 0 aliphatic heterocycles. The van der Waals surface area contributed by atoms with E-state index in [-0.39, 0.29) is 22.2 Å². The Hall–Kier alpha value is -2.07. The van der Waals surface area contributed by atoms with Gasteiger partial charge in [-0.05, 0) is 23.1 Å². The molecule has 110 valence electrons. The molecule has 0 atom stereocenters. The molecule has 0 saturated carbocycles. The Morgan fingerprint density at radius 1 is 1.29 bits per heavy atom. The second-order valence-corrected chi connectivity index (χ2v) is 6.25. The molecule has 5 heteroatoms. The Labute approximate surface area is 129 Å². The van der Waals surface area contributed by atoms with Crippen molar-refractivity contribution in [2.45, 2.75) is 26.2 Å². The number of nitrogens with zero attached hydrogens (tertiary/aromatic N) is 1. The lowest BCUT2D eigenvalue weighted by atomic mass is 9.86. The van der Waals surface area contributed by atoms with Gasteiger partial charge in [-0.15, -0.1) is 0 Å². The number of carbonyl (C=O) groups is 1. The van der Waals surface area contributed by atoms with Crippen molar-refractivity contribution in [3.63, 3.8) is 0 Å². The number of nitrogens with two attached hydrogens (primary N) is 1. The second kappa shape index (κ2) is 5.74. The number of nitrogen functional groups attached to an aromatic ring is 1. The first-order valence-corrected chi connectivity index (χ1v) is 6.98. The maximum atomic E-state index is 12.4. The highest BCUT2D eigenvalue weighted by Gasteiger charge is 2.19. The predicted octanol–water partition coefficient (Wildman–Crippen LogP) is 3.87. The van der Waals surface area contributed by atoms with E-state index in [0.29, 0.717) is 5.56 Å². The molecule has 0 fully saturated rings. The molecule has 0 aliphatic rings. The van der Waals surface area contributed by atoms with Gasteiger partial charge in [-0.2, -0.15) is 0 Å². The van der Waals surface area contributed by atoms with E-state index in [2.05, 4.69) is 31.1 Å². The van der Waals surface area contributed by atoms with Crippen LogP contribution in [0.15, 0.2) is 36.5 Å². The molecule has 0 saturated heterocycles. The first-order valence-electron chi connectivity index (χ1n) is 6.61. The van der Waals surface area contributed by atoms with Crippen LogP contribution < -0.4 is 11.1 Å². The molecule has 0 spiro atoms. The van der Waals surface area contributed by atoms with Gasteiger partial charge >= 0.3 is 0 Å². The average Bonchev–Trinajstić information content (AvgIpc) is 2.41. The van der Waals surface area contributed by atoms with Crippen LogP contribution in [0, 0.1) is 0 Å². The van der Waals surface area contributed by atoms with Gasteiger partial charge in [0.2, 0.25) is 0 Å². The molecule has 0 unspecified atom stereocenters. The molecule has 1 aromatic carbocycles. The minimum atomic E-state index is -0.300. The lowest BCUT2D eigenvalue weighted by Crippen LogP contribution is -2.19. The van der Waals surface area contributed by atoms with Crippen LogP contribution in [0.1, 0.15) is 36.7 Å². The van der Waals surface area contributed by atoms with Crippen LogP contribution >= 0.6 is 11.6 Å². The summed E-state index contributed by atoms with van der Waals surface area (Å²) in [5.74, 6) is -0.0422. The Balaban J connectivity index is 2.35. The van der Waals surface area contributed by atoms with Gasteiger partial charge in [-0.3, -0.25) is 4.79 Å². The number of aromatic nitrogens is 1. The Kier molecular flexibility index (Phi) is 4.19. The van der Waals surface area contributed by atoms with E-state index in [1.807, 2.05) is 24.3 Å². The van der Waals surface area contributed by atoms with Crippen LogP contribution in [-0.4, -0.2) is 10.9 Å². The van der Waals surface area contributed by atoms with E-state index >= 15 is 0 Å². The SMILES string of the molecule is CC(C)(C)c1ccccc1NC(=O)c1cc(N)ncc1Cl. The largest absolute Gasteiger partial charge is 0.384 e. The molecule has 1 amide bonds. The summed E-state index contributed by atoms with van der Waals surface area (Å²) >= 11 is 6.01. The monoisotopic (exact) mass is 303 g/mol. The third kappa shape index (κ3) is 3.52. The number of carbonyl (C=O) groups excluding carboxylic acids is 1. The van der Waals surface area contributed by atoms with Gasteiger partial charge < -0.3 is 11.1 Å². The number of hydrogen-bond acceptors (Lipinski definition) is 3. The fourth-order valence-corrected chi connectivity index (χ4v) is 2.25. The van der Waals surface area contributed by atoms with Gasteiger partial charge in [0.25, 0.3) is 5.91 Å². The number of nitrogens with one attached hydrogen (secondary N) is 1. The van der Waals surface area contributed by atoms with Gasteiger partial charge in [0.1, 0.15) is 5.82 Å². The van der Waals surface area contributed by atoms with Crippen LogP contribution in [0.4, 0.5) is 11.5 Å². The molecule has 4 nitrogen and oxygen atoms in total. The third-order valence-electron chi connectivity index (χ3n) is 3.10. The fraction of sp³-hybridized carbons (Fsp3) is 0.250. The zero-order chi connectivity index (χ0) is 15.6. The van der Waals surface area contributed by atoms with Crippen LogP contribution in [-0.2, 0) is 5.41 Å². The Bertz CT molecular complexity index is 677. The van der Waals surface area contributed by atoms with Gasteiger partial charge in [-0.1, -0.05) is 50.6 Å². The van der Waals surface area contributed by atoms with Crippen LogP contribution in [0.3, 0.4) is 0 Å². The van der Waals surface area contributed by atoms with Crippen molar-refractivity contribution in [3.8, 4) is 0 Å². The highest BCUT2D eigenvalue weighted by atomic mass is 35.5. The molecule has 3 N–H and O–H groups in total. The fourth-order valence-electron chi connectivity index (χ4n) is 2.06. The summed E-state index contributed by atoms with van der Waals surface area (Å²) in [7, 11) is 0. The topological polar surface area (TPSA) is 68.0 Å². The third-order valence-corrected chi connectivity index (χ3v) is 3.41. The molecule has 0 radical (unpaired) electrons. The van der Waals surface area contributed by atoms with E-state index in [1.54, 1.807) is 0 Å². The number of benzene rings is 1. The van der Waals surface area contributed by atoms with Crippen molar-refractivity contribution in [3.05, 3.63) is 52.7 Å². The van der Waals surface area contributed by atoms with Gasteiger partial charge in [0, 0.05) is 11.9 Å². The number of para-hydroxylation sites is 1. The smallest absolute Gasteiger partial charge is 0.257 e. The van der Waals surface area contributed by atoms with Crippen molar-refractivity contribution >= 4 is 29.0 Å². The highest BCUT2D eigenvalue weighted by molar-refractivity contribution is 6.34. The quantitative estimate of drug-likeness (QED) is 0.885. The predicted molar refractivity (Wildman–Crippen MR) is 86.8 cm³/mol. The van der Waals surface area contributed by atoms with Crippen molar-refractivity contribution in [2.75, 3.05) is 11.1 Å². The van der Waals surface area contributed by atoms with Gasteiger partial charge in [0.15, 0.2) is 0 Å². The molecule has 2 aromatic rings. The summed E-state index contributed by atoms with van der Waals surface area (Å²) in [4.78, 5) is 16.2. The first-order chi connectivity index (χ1) is 9.79. The standard InChI is InChI=1S/C16H18ClN3O/c1-16(2,3)11-6-4-5-7-13(11)20-15(21)10-8-14(18)19-9-12(10)17/h4-9H,1-3H3,(H2,18,19)(H,20,21). The second-order valence-electron chi connectivity index (χ2n) is 5.84. The number of pyridine rings is 1. The van der Waals surface area contributed by atoms with Crippen LogP contribution in [0.25, 0.3) is 0 Å². The maximum Gasteiger partial charge on any atom is 0.257 e. The summed E-state index contributed by atoms with van der Waals surface area (Å²) in [6.07, 6.45) is 1.38. The Morgan fingerprint density at radius 2 is 1.95 bits per heavy atom. The van der Waals surface area contributed by atoms with Gasteiger partial charge in [0.05, 0.1) is 10.6 Å². The zero-order valence-corrected chi connectivity index (χ0v) is 13.0. The molecule has 1 heterocycles. The van der Waals surface area contributed by atoms with E-state index < -0.39 is 0 Å². The van der Waals surface area contributed by atoms with Crippen molar-refractivity contribution in [2.24, 2.45) is 0 Å². The molecule has 0 bridgehead atoms. The minimum Gasteiger partial charge on any atom is -0.384 e. The minimum absolute atomic E-state index is 0.0784. The summed E-state index contributed by atoms with van der Waals surface area (Å²) in [5, 5.41) is 3.17. The summed E-state index contributed by atoms with van der Waals surface area (Å²) < 4.78 is 0. The summed E-state index contributed by atoms with van der Waals surface area (Å²) in [6, 6.07) is 9.17. The molecule has 2 rings (SSSR count). The van der Waals surface area contributed by atoms with Gasteiger partial charge in [-0.25, -0.2) is 4.98 Å². The first kappa shape index (κ1) is 15.3. The lowest BCUT2D eigenvalue weighted by Gasteiger charge is -2.23. The number of amides is 1. The molecule has 0 aliphatic carbocycles. The van der Waals surface area contributed by atoms with E-state index in [9.17, 15) is 4.79 Å². The summed E-state index contributed by atoms with van der Waals surface area (Å²) in [6.45, 7) is 6.28. The van der Waals surface area contributed by atoms with E-state index in [4.69, 9.17) is 17.3 Å². The van der Waals surface area contributed by atoms with E-state index in [0.717, 1.165) is 11.3 Å². The average molecular weight is 304 g/mol. The van der Waals surface area contributed by atoms with Crippen molar-refractivity contribution in [1.29, 1.82) is 0 Å². The Morgan fingerprint density at radius 3 is 2.62 bits per heavy atom. The van der Waals surface area contributed by atoms with Crippen LogP contribution in [0.5, 0.6) is 0 Å². The number of halogens is 1. The normalized spacial score (nSPS) is 11.2. The van der Waals surface area contributed by atoms with Crippen LogP contribution in [0.2, 0.25) is 5.02 Å². The zero-order valence-electron chi connectivity index (χ0n) is 12.3. The molecular weight excluding hydrogens is 286 g/mol. The lowest BCUT2D eigenvalue weighted by molar-refractivity contribution is 0.102. The number of anilines is 2. The number of hydrogen-bond donors (Lipinski definition) is 2. The molecule has 21 heavy (non-hydrogen) atoms. The number of rotatable bonds is 2. The maximum absolute atomic E-state index is 12.4. The molecular formula is C16H18ClN3O. The highest BCUT2D eigenvalue weighted by Crippen LogP contribution is 2.30. The molecule has 1 aromatic heterocycles. The van der Waals surface area contributed by atoms with E-state index in [1.165, 1.54) is 12.3 Å².